The van der Waals surface area contributed by atoms with E-state index in [1.807, 2.05) is 24.4 Å². The SMILES string of the molecule is Nc1cn(CC2CC2)c2ccc(-c3ncc(C(=O)O)s3)cc12. The van der Waals surface area contributed by atoms with Crippen LogP contribution in [0, 0.1) is 5.92 Å². The van der Waals surface area contributed by atoms with Crippen molar-refractivity contribution in [2.45, 2.75) is 19.4 Å². The number of nitrogens with zero attached hydrogens (tertiary/aromatic N) is 2. The Morgan fingerprint density at radius 2 is 2.27 bits per heavy atom. The van der Waals surface area contributed by atoms with Crippen molar-refractivity contribution in [3.63, 3.8) is 0 Å². The number of carbonyl (C=O) groups is 1. The molecule has 1 aliphatic rings. The Morgan fingerprint density at radius 1 is 1.45 bits per heavy atom. The average molecular weight is 313 g/mol. The van der Waals surface area contributed by atoms with Gasteiger partial charge in [0.2, 0.25) is 0 Å². The number of nitrogen functional groups attached to an aromatic ring is 1. The number of fused-ring (bicyclic) bond motifs is 1. The van der Waals surface area contributed by atoms with Crippen molar-refractivity contribution in [3.8, 4) is 10.6 Å². The van der Waals surface area contributed by atoms with Crippen LogP contribution in [0.5, 0.6) is 0 Å². The lowest BCUT2D eigenvalue weighted by Crippen LogP contribution is -1.97. The van der Waals surface area contributed by atoms with Crippen LogP contribution < -0.4 is 5.73 Å². The van der Waals surface area contributed by atoms with E-state index in [4.69, 9.17) is 10.8 Å². The number of hydrogen-bond acceptors (Lipinski definition) is 4. The summed E-state index contributed by atoms with van der Waals surface area (Å²) in [5.74, 6) is -0.160. The molecule has 2 heterocycles. The van der Waals surface area contributed by atoms with Crippen LogP contribution in [0.2, 0.25) is 0 Å². The molecule has 0 unspecified atom stereocenters. The number of thiazole rings is 1. The van der Waals surface area contributed by atoms with E-state index in [1.54, 1.807) is 0 Å². The number of rotatable bonds is 4. The molecule has 3 aromatic rings. The third-order valence-electron chi connectivity index (χ3n) is 4.03. The van der Waals surface area contributed by atoms with Gasteiger partial charge in [-0.1, -0.05) is 0 Å². The van der Waals surface area contributed by atoms with Crippen LogP contribution in [-0.2, 0) is 6.54 Å². The lowest BCUT2D eigenvalue weighted by Gasteiger charge is -2.04. The van der Waals surface area contributed by atoms with Gasteiger partial charge in [-0.15, -0.1) is 11.3 Å². The Hall–Kier alpha value is -2.34. The molecule has 2 aromatic heterocycles. The van der Waals surface area contributed by atoms with Crippen LogP contribution in [0.4, 0.5) is 5.69 Å². The van der Waals surface area contributed by atoms with Crippen molar-refractivity contribution in [2.24, 2.45) is 5.92 Å². The highest BCUT2D eigenvalue weighted by atomic mass is 32.1. The standard InChI is InChI=1S/C16H15N3O2S/c17-12-8-19(7-9-1-2-9)13-4-3-10(5-11(12)13)15-18-6-14(22-15)16(20)21/h3-6,8-9H,1-2,7,17H2,(H,20,21). The van der Waals surface area contributed by atoms with Gasteiger partial charge in [0.05, 0.1) is 17.4 Å². The van der Waals surface area contributed by atoms with Crippen LogP contribution in [-0.4, -0.2) is 20.6 Å². The lowest BCUT2D eigenvalue weighted by molar-refractivity contribution is 0.0702. The fourth-order valence-corrected chi connectivity index (χ4v) is 3.45. The summed E-state index contributed by atoms with van der Waals surface area (Å²) in [4.78, 5) is 15.4. The van der Waals surface area contributed by atoms with E-state index in [0.29, 0.717) is 5.01 Å². The molecule has 0 atom stereocenters. The van der Waals surface area contributed by atoms with Gasteiger partial charge in [-0.2, -0.15) is 0 Å². The van der Waals surface area contributed by atoms with E-state index < -0.39 is 5.97 Å². The summed E-state index contributed by atoms with van der Waals surface area (Å²) in [5, 5.41) is 10.7. The number of carboxylic acids is 1. The van der Waals surface area contributed by atoms with E-state index in [-0.39, 0.29) is 4.88 Å². The van der Waals surface area contributed by atoms with Gasteiger partial charge in [0.1, 0.15) is 9.88 Å². The third-order valence-corrected chi connectivity index (χ3v) is 5.06. The predicted octanol–water partition coefficient (Wildman–Crippen LogP) is 3.46. The van der Waals surface area contributed by atoms with Gasteiger partial charge in [0.25, 0.3) is 0 Å². The molecule has 0 saturated heterocycles. The molecule has 0 aliphatic heterocycles. The van der Waals surface area contributed by atoms with Gasteiger partial charge < -0.3 is 15.4 Å². The maximum atomic E-state index is 11.0. The number of hydrogen-bond donors (Lipinski definition) is 2. The number of anilines is 1. The molecule has 1 fully saturated rings. The zero-order valence-corrected chi connectivity index (χ0v) is 12.6. The predicted molar refractivity (Wildman–Crippen MR) is 87.1 cm³/mol. The van der Waals surface area contributed by atoms with Crippen LogP contribution >= 0.6 is 11.3 Å². The third kappa shape index (κ3) is 2.25. The van der Waals surface area contributed by atoms with E-state index in [2.05, 4.69) is 9.55 Å². The van der Waals surface area contributed by atoms with Crippen LogP contribution in [0.25, 0.3) is 21.5 Å². The molecular weight excluding hydrogens is 298 g/mol. The maximum absolute atomic E-state index is 11.0. The first-order valence-corrected chi connectivity index (χ1v) is 8.01. The van der Waals surface area contributed by atoms with Crippen molar-refractivity contribution in [2.75, 3.05) is 5.73 Å². The number of nitrogens with two attached hydrogens (primary N) is 1. The quantitative estimate of drug-likeness (QED) is 0.773. The van der Waals surface area contributed by atoms with Gasteiger partial charge in [-0.25, -0.2) is 9.78 Å². The number of carboxylic acid groups (broad SMARTS) is 1. The second-order valence-electron chi connectivity index (χ2n) is 5.75. The van der Waals surface area contributed by atoms with Crippen molar-refractivity contribution >= 4 is 33.9 Å². The number of benzene rings is 1. The monoisotopic (exact) mass is 313 g/mol. The van der Waals surface area contributed by atoms with Crippen molar-refractivity contribution in [3.05, 3.63) is 35.5 Å². The Balaban J connectivity index is 1.76. The largest absolute Gasteiger partial charge is 0.477 e. The van der Waals surface area contributed by atoms with Crippen molar-refractivity contribution in [1.29, 1.82) is 0 Å². The van der Waals surface area contributed by atoms with Crippen molar-refractivity contribution < 1.29 is 9.90 Å². The summed E-state index contributed by atoms with van der Waals surface area (Å²) < 4.78 is 2.22. The van der Waals surface area contributed by atoms with Gasteiger partial charge in [0.15, 0.2) is 0 Å². The van der Waals surface area contributed by atoms with Crippen LogP contribution in [0.15, 0.2) is 30.6 Å². The zero-order valence-electron chi connectivity index (χ0n) is 11.8. The lowest BCUT2D eigenvalue weighted by atomic mass is 10.1. The maximum Gasteiger partial charge on any atom is 0.347 e. The second-order valence-corrected chi connectivity index (χ2v) is 6.78. The highest BCUT2D eigenvalue weighted by Crippen LogP contribution is 2.35. The van der Waals surface area contributed by atoms with Crippen LogP contribution in [0.1, 0.15) is 22.5 Å². The molecule has 0 radical (unpaired) electrons. The van der Waals surface area contributed by atoms with Gasteiger partial charge in [-0.05, 0) is 37.0 Å². The second kappa shape index (κ2) is 4.84. The Bertz CT molecular complexity index is 877. The highest BCUT2D eigenvalue weighted by molar-refractivity contribution is 7.16. The smallest absolute Gasteiger partial charge is 0.347 e. The van der Waals surface area contributed by atoms with E-state index in [0.717, 1.165) is 34.6 Å². The first-order valence-electron chi connectivity index (χ1n) is 7.19. The molecule has 1 aromatic carbocycles. The molecular formula is C16H15N3O2S. The molecule has 6 heteroatoms. The fraction of sp³-hybridized carbons (Fsp3) is 0.250. The minimum absolute atomic E-state index is 0.245. The fourth-order valence-electron chi connectivity index (χ4n) is 2.69. The molecule has 0 spiro atoms. The van der Waals surface area contributed by atoms with E-state index >= 15 is 0 Å². The molecule has 22 heavy (non-hydrogen) atoms. The highest BCUT2D eigenvalue weighted by Gasteiger charge is 2.22. The molecule has 0 bridgehead atoms. The first-order chi connectivity index (χ1) is 10.6. The molecule has 5 nitrogen and oxygen atoms in total. The molecule has 112 valence electrons. The zero-order chi connectivity index (χ0) is 15.3. The number of aromatic carboxylic acids is 1. The first kappa shape index (κ1) is 13.3. The molecule has 3 N–H and O–H groups in total. The van der Waals surface area contributed by atoms with Gasteiger partial charge >= 0.3 is 5.97 Å². The summed E-state index contributed by atoms with van der Waals surface area (Å²) in [6, 6.07) is 6.03. The van der Waals surface area contributed by atoms with Crippen molar-refractivity contribution in [1.82, 2.24) is 9.55 Å². The summed E-state index contributed by atoms with van der Waals surface area (Å²) in [6.45, 7) is 1.02. The average Bonchev–Trinajstić information content (AvgIpc) is 3.08. The molecule has 1 aliphatic carbocycles. The topological polar surface area (TPSA) is 81.1 Å². The normalized spacial score (nSPS) is 14.5. The van der Waals surface area contributed by atoms with Crippen LogP contribution in [0.3, 0.4) is 0 Å². The minimum atomic E-state index is -0.945. The minimum Gasteiger partial charge on any atom is -0.477 e. The summed E-state index contributed by atoms with van der Waals surface area (Å²) in [6.07, 6.45) is 5.99. The summed E-state index contributed by atoms with van der Waals surface area (Å²) >= 11 is 1.18. The summed E-state index contributed by atoms with van der Waals surface area (Å²) in [7, 11) is 0. The Kier molecular flexibility index (Phi) is 2.94. The van der Waals surface area contributed by atoms with Gasteiger partial charge in [0, 0.05) is 23.7 Å². The van der Waals surface area contributed by atoms with E-state index in [1.165, 1.54) is 30.4 Å². The number of aromatic nitrogens is 2. The molecule has 4 rings (SSSR count). The van der Waals surface area contributed by atoms with Gasteiger partial charge in [-0.3, -0.25) is 0 Å². The molecule has 1 saturated carbocycles. The summed E-state index contributed by atoms with van der Waals surface area (Å²) in [5.41, 5.74) is 8.93. The van der Waals surface area contributed by atoms with E-state index in [9.17, 15) is 4.79 Å². The molecule has 0 amide bonds. The Labute approximate surface area is 131 Å². The Morgan fingerprint density at radius 3 is 2.95 bits per heavy atom.